The molecule has 0 unspecified atom stereocenters. The van der Waals surface area contributed by atoms with Crippen LogP contribution in [-0.2, 0) is 9.59 Å². The molecule has 0 aromatic carbocycles. The third-order valence-corrected chi connectivity index (χ3v) is 4.54. The topological polar surface area (TPSA) is 87.5 Å². The van der Waals surface area contributed by atoms with Gasteiger partial charge in [0.05, 0.1) is 12.6 Å². The number of carbonyl (C=O) groups is 2. The molecule has 0 spiro atoms. The minimum absolute atomic E-state index is 0. The third-order valence-electron chi connectivity index (χ3n) is 4.54. The van der Waals surface area contributed by atoms with Crippen LogP contribution in [0.4, 0.5) is 0 Å². The minimum atomic E-state index is -0.569. The standard InChI is InChI=1S/C15H30N4O2.2ClH/c1-11(2)13(16)14(21)17-9-12(20)18-10-15(19(3)4)7-5-6-8-15;;/h11,13H,5-10,16H2,1-4H3,(H,17,21)(H,18,20);2*1H/t13-;;/m0../s1. The van der Waals surface area contributed by atoms with E-state index in [0.29, 0.717) is 6.54 Å². The Morgan fingerprint density at radius 3 is 2.09 bits per heavy atom. The van der Waals surface area contributed by atoms with Crippen LogP contribution in [0.1, 0.15) is 39.5 Å². The minimum Gasteiger partial charge on any atom is -0.353 e. The SMILES string of the molecule is CC(C)[C@H](N)C(=O)NCC(=O)NCC1(N(C)C)CCCC1.Cl.Cl. The van der Waals surface area contributed by atoms with E-state index in [0.717, 1.165) is 12.8 Å². The predicted octanol–water partition coefficient (Wildman–Crippen LogP) is 0.920. The lowest BCUT2D eigenvalue weighted by Gasteiger charge is -2.36. The first-order chi connectivity index (χ1) is 9.78. The van der Waals surface area contributed by atoms with Crippen LogP contribution >= 0.6 is 24.8 Å². The molecule has 0 radical (unpaired) electrons. The van der Waals surface area contributed by atoms with Gasteiger partial charge in [0.1, 0.15) is 0 Å². The first-order valence-corrected chi connectivity index (χ1v) is 7.76. The molecule has 4 N–H and O–H groups in total. The van der Waals surface area contributed by atoms with Gasteiger partial charge in [0, 0.05) is 12.1 Å². The molecule has 0 aromatic heterocycles. The molecule has 0 bridgehead atoms. The van der Waals surface area contributed by atoms with Crippen LogP contribution in [0.2, 0.25) is 0 Å². The van der Waals surface area contributed by atoms with E-state index in [1.165, 1.54) is 12.8 Å². The van der Waals surface area contributed by atoms with E-state index < -0.39 is 6.04 Å². The Balaban J connectivity index is 0. The lowest BCUT2D eigenvalue weighted by Crippen LogP contribution is -2.53. The van der Waals surface area contributed by atoms with Crippen molar-refractivity contribution in [1.82, 2.24) is 15.5 Å². The summed E-state index contributed by atoms with van der Waals surface area (Å²) in [5, 5.41) is 5.53. The van der Waals surface area contributed by atoms with Crippen LogP contribution < -0.4 is 16.4 Å². The summed E-state index contributed by atoms with van der Waals surface area (Å²) in [4.78, 5) is 25.8. The Morgan fingerprint density at radius 1 is 1.13 bits per heavy atom. The van der Waals surface area contributed by atoms with Gasteiger partial charge in [-0.2, -0.15) is 0 Å². The summed E-state index contributed by atoms with van der Waals surface area (Å²) < 4.78 is 0. The van der Waals surface area contributed by atoms with Crippen LogP contribution in [0.5, 0.6) is 0 Å². The van der Waals surface area contributed by atoms with Crippen LogP contribution in [0, 0.1) is 5.92 Å². The van der Waals surface area contributed by atoms with Gasteiger partial charge < -0.3 is 21.3 Å². The van der Waals surface area contributed by atoms with Crippen LogP contribution in [0.3, 0.4) is 0 Å². The fourth-order valence-electron chi connectivity index (χ4n) is 2.73. The smallest absolute Gasteiger partial charge is 0.239 e. The number of nitrogens with two attached hydrogens (primary N) is 1. The van der Waals surface area contributed by atoms with Gasteiger partial charge in [0.25, 0.3) is 0 Å². The highest BCUT2D eigenvalue weighted by Crippen LogP contribution is 2.32. The predicted molar refractivity (Wildman–Crippen MR) is 98.2 cm³/mol. The van der Waals surface area contributed by atoms with Crippen molar-refractivity contribution in [3.63, 3.8) is 0 Å². The molecule has 1 aliphatic carbocycles. The number of carbonyl (C=O) groups excluding carboxylic acids is 2. The van der Waals surface area contributed by atoms with E-state index in [-0.39, 0.29) is 54.6 Å². The van der Waals surface area contributed by atoms with E-state index in [4.69, 9.17) is 5.73 Å². The van der Waals surface area contributed by atoms with Gasteiger partial charge in [-0.3, -0.25) is 9.59 Å². The number of nitrogens with one attached hydrogen (secondary N) is 2. The second-order valence-electron chi connectivity index (χ2n) is 6.59. The Bertz CT molecular complexity index is 372. The largest absolute Gasteiger partial charge is 0.353 e. The molecule has 1 aliphatic rings. The van der Waals surface area contributed by atoms with Crippen molar-refractivity contribution in [2.24, 2.45) is 11.7 Å². The summed E-state index contributed by atoms with van der Waals surface area (Å²) in [6, 6.07) is -0.569. The first kappa shape index (κ1) is 24.7. The Morgan fingerprint density at radius 2 is 1.65 bits per heavy atom. The normalized spacial score (nSPS) is 17.2. The quantitative estimate of drug-likeness (QED) is 0.621. The molecule has 1 fully saturated rings. The van der Waals surface area contributed by atoms with E-state index in [1.54, 1.807) is 0 Å². The van der Waals surface area contributed by atoms with Crippen molar-refractivity contribution in [2.75, 3.05) is 27.2 Å². The van der Waals surface area contributed by atoms with Crippen LogP contribution in [0.25, 0.3) is 0 Å². The Hall–Kier alpha value is -0.560. The second-order valence-corrected chi connectivity index (χ2v) is 6.59. The van der Waals surface area contributed by atoms with Gasteiger partial charge in [-0.05, 0) is 32.9 Å². The average Bonchev–Trinajstić information content (AvgIpc) is 2.91. The second kappa shape index (κ2) is 11.1. The van der Waals surface area contributed by atoms with Crippen molar-refractivity contribution >= 4 is 36.6 Å². The van der Waals surface area contributed by atoms with Crippen LogP contribution in [-0.4, -0.2) is 55.5 Å². The molecule has 2 amide bonds. The average molecular weight is 371 g/mol. The number of halogens is 2. The van der Waals surface area contributed by atoms with Gasteiger partial charge >= 0.3 is 0 Å². The number of nitrogens with zero attached hydrogens (tertiary/aromatic N) is 1. The van der Waals surface area contributed by atoms with Gasteiger partial charge in [0.15, 0.2) is 0 Å². The Labute approximate surface area is 152 Å². The molecule has 0 aromatic rings. The van der Waals surface area contributed by atoms with Crippen molar-refractivity contribution in [3.05, 3.63) is 0 Å². The highest BCUT2D eigenvalue weighted by Gasteiger charge is 2.36. The summed E-state index contributed by atoms with van der Waals surface area (Å²) in [5.74, 6) is -0.376. The molecule has 1 saturated carbocycles. The van der Waals surface area contributed by atoms with Crippen LogP contribution in [0.15, 0.2) is 0 Å². The maximum absolute atomic E-state index is 11.9. The summed E-state index contributed by atoms with van der Waals surface area (Å²) in [6.07, 6.45) is 4.61. The van der Waals surface area contributed by atoms with Crippen molar-refractivity contribution in [2.45, 2.75) is 51.1 Å². The highest BCUT2D eigenvalue weighted by molar-refractivity contribution is 5.87. The van der Waals surface area contributed by atoms with Gasteiger partial charge in [-0.1, -0.05) is 26.7 Å². The zero-order chi connectivity index (χ0) is 16.0. The fourth-order valence-corrected chi connectivity index (χ4v) is 2.73. The zero-order valence-electron chi connectivity index (χ0n) is 14.6. The molecule has 1 atom stereocenters. The number of likely N-dealkylation sites (N-methyl/N-ethyl adjacent to an activating group) is 1. The summed E-state index contributed by atoms with van der Waals surface area (Å²) >= 11 is 0. The van der Waals surface area contributed by atoms with Crippen molar-refractivity contribution in [1.29, 1.82) is 0 Å². The summed E-state index contributed by atoms with van der Waals surface area (Å²) in [6.45, 7) is 4.38. The fraction of sp³-hybridized carbons (Fsp3) is 0.867. The van der Waals surface area contributed by atoms with E-state index in [2.05, 4.69) is 29.6 Å². The van der Waals surface area contributed by atoms with Crippen molar-refractivity contribution < 1.29 is 9.59 Å². The molecular formula is C15H32Cl2N4O2. The molecule has 138 valence electrons. The highest BCUT2D eigenvalue weighted by atomic mass is 35.5. The van der Waals surface area contributed by atoms with E-state index in [9.17, 15) is 9.59 Å². The van der Waals surface area contributed by atoms with Gasteiger partial charge in [0.2, 0.25) is 11.8 Å². The molecule has 0 aliphatic heterocycles. The zero-order valence-corrected chi connectivity index (χ0v) is 16.2. The van der Waals surface area contributed by atoms with E-state index in [1.807, 2.05) is 13.8 Å². The third kappa shape index (κ3) is 7.25. The van der Waals surface area contributed by atoms with Crippen molar-refractivity contribution in [3.8, 4) is 0 Å². The van der Waals surface area contributed by atoms with Gasteiger partial charge in [-0.25, -0.2) is 0 Å². The first-order valence-electron chi connectivity index (χ1n) is 7.76. The number of rotatable bonds is 7. The molecule has 6 nitrogen and oxygen atoms in total. The molecule has 23 heavy (non-hydrogen) atoms. The molecule has 0 saturated heterocycles. The lowest BCUT2D eigenvalue weighted by molar-refractivity contribution is -0.127. The van der Waals surface area contributed by atoms with Gasteiger partial charge in [-0.15, -0.1) is 24.8 Å². The monoisotopic (exact) mass is 370 g/mol. The maximum Gasteiger partial charge on any atom is 0.239 e. The number of hydrogen-bond acceptors (Lipinski definition) is 4. The summed E-state index contributed by atoms with van der Waals surface area (Å²) in [7, 11) is 4.11. The molecule has 0 heterocycles. The Kier molecular flexibility index (Phi) is 11.9. The molecular weight excluding hydrogens is 339 g/mol. The summed E-state index contributed by atoms with van der Waals surface area (Å²) in [5.41, 5.74) is 5.79. The molecule has 8 heteroatoms. The molecule has 1 rings (SSSR count). The number of hydrogen-bond donors (Lipinski definition) is 3. The maximum atomic E-state index is 11.9. The van der Waals surface area contributed by atoms with E-state index >= 15 is 0 Å². The number of amides is 2. The lowest BCUT2D eigenvalue weighted by atomic mass is 9.96.